The van der Waals surface area contributed by atoms with Crippen LogP contribution in [0.4, 0.5) is 0 Å². The van der Waals surface area contributed by atoms with Gasteiger partial charge in [-0.15, -0.1) is 0 Å². The van der Waals surface area contributed by atoms with Gasteiger partial charge in [-0.05, 0) is 70.6 Å². The quantitative estimate of drug-likeness (QED) is 0.0508. The van der Waals surface area contributed by atoms with Crippen LogP contribution in [0, 0.1) is 0 Å². The van der Waals surface area contributed by atoms with E-state index in [2.05, 4.69) is 50.3 Å². The summed E-state index contributed by atoms with van der Waals surface area (Å²) in [4.78, 5) is 23.2. The molecule has 0 aromatic carbocycles. The predicted octanol–water partition coefficient (Wildman–Crippen LogP) is 11.8. The average molecular weight is 575 g/mol. The zero-order chi connectivity index (χ0) is 30.1. The van der Waals surface area contributed by atoms with Crippen molar-refractivity contribution >= 4 is 11.9 Å². The van der Waals surface area contributed by atoms with E-state index in [4.69, 9.17) is 9.84 Å². The van der Waals surface area contributed by atoms with Crippen LogP contribution in [-0.2, 0) is 14.3 Å². The standard InChI is InChI=1S/C37H66O4/c1-3-5-7-9-11-13-15-16-17-19-21-26-30-34-37(40)41-35(32-28-24-22-25-29-33-36(38)39)31-27-23-20-18-14-12-10-8-6-4-2/h5,7,11,13,16-17,35H,3-4,6,8-10,12,14-15,18-34H2,1-2H3,(H,38,39)/b7-5-,13-11-,17-16-. The van der Waals surface area contributed by atoms with Gasteiger partial charge in [0.1, 0.15) is 6.10 Å². The van der Waals surface area contributed by atoms with Crippen LogP contribution < -0.4 is 0 Å². The van der Waals surface area contributed by atoms with Crippen LogP contribution in [0.15, 0.2) is 36.5 Å². The second-order valence-corrected chi connectivity index (χ2v) is 11.7. The molecule has 0 aliphatic carbocycles. The topological polar surface area (TPSA) is 63.6 Å². The molecule has 0 rings (SSSR count). The van der Waals surface area contributed by atoms with Gasteiger partial charge in [-0.1, -0.05) is 134 Å². The lowest BCUT2D eigenvalue weighted by Crippen LogP contribution is -2.18. The van der Waals surface area contributed by atoms with Crippen LogP contribution >= 0.6 is 0 Å². The minimum Gasteiger partial charge on any atom is -0.481 e. The number of allylic oxidation sites excluding steroid dienone is 6. The molecule has 0 aromatic rings. The van der Waals surface area contributed by atoms with Gasteiger partial charge in [0, 0.05) is 12.8 Å². The summed E-state index contributed by atoms with van der Waals surface area (Å²) >= 11 is 0. The van der Waals surface area contributed by atoms with E-state index >= 15 is 0 Å². The Bertz CT molecular complexity index is 664. The Kier molecular flexibility index (Phi) is 31.2. The summed E-state index contributed by atoms with van der Waals surface area (Å²) in [7, 11) is 0. The van der Waals surface area contributed by atoms with Crippen molar-refractivity contribution in [2.75, 3.05) is 0 Å². The van der Waals surface area contributed by atoms with Crippen LogP contribution in [0.5, 0.6) is 0 Å². The molecule has 0 spiro atoms. The van der Waals surface area contributed by atoms with Crippen molar-refractivity contribution in [1.29, 1.82) is 0 Å². The van der Waals surface area contributed by atoms with Gasteiger partial charge in [0.2, 0.25) is 0 Å². The number of carboxylic acid groups (broad SMARTS) is 1. The molecular weight excluding hydrogens is 508 g/mol. The Balaban J connectivity index is 4.12. The fourth-order valence-electron chi connectivity index (χ4n) is 5.08. The van der Waals surface area contributed by atoms with E-state index in [0.29, 0.717) is 6.42 Å². The number of rotatable bonds is 31. The maximum atomic E-state index is 12.6. The van der Waals surface area contributed by atoms with E-state index < -0.39 is 5.97 Å². The molecule has 41 heavy (non-hydrogen) atoms. The largest absolute Gasteiger partial charge is 0.481 e. The number of carbonyl (C=O) groups excluding carboxylic acids is 1. The molecular formula is C37H66O4. The van der Waals surface area contributed by atoms with Crippen molar-refractivity contribution in [2.24, 2.45) is 0 Å². The molecule has 0 radical (unpaired) electrons. The third-order valence-electron chi connectivity index (χ3n) is 7.63. The first-order chi connectivity index (χ1) is 20.1. The number of carboxylic acids is 1. The summed E-state index contributed by atoms with van der Waals surface area (Å²) in [5, 5.41) is 8.78. The maximum Gasteiger partial charge on any atom is 0.306 e. The van der Waals surface area contributed by atoms with Gasteiger partial charge >= 0.3 is 11.9 Å². The molecule has 0 aliphatic heterocycles. The van der Waals surface area contributed by atoms with Crippen molar-refractivity contribution in [3.8, 4) is 0 Å². The van der Waals surface area contributed by atoms with E-state index in [0.717, 1.165) is 96.3 Å². The smallest absolute Gasteiger partial charge is 0.306 e. The van der Waals surface area contributed by atoms with Crippen molar-refractivity contribution in [1.82, 2.24) is 0 Å². The maximum absolute atomic E-state index is 12.6. The number of esters is 1. The van der Waals surface area contributed by atoms with Crippen LogP contribution in [0.25, 0.3) is 0 Å². The highest BCUT2D eigenvalue weighted by Gasteiger charge is 2.14. The first-order valence-corrected chi connectivity index (χ1v) is 17.5. The van der Waals surface area contributed by atoms with Crippen LogP contribution in [0.3, 0.4) is 0 Å². The first kappa shape index (κ1) is 39.2. The molecule has 1 N–H and O–H groups in total. The predicted molar refractivity (Wildman–Crippen MR) is 176 cm³/mol. The number of hydrogen-bond donors (Lipinski definition) is 1. The zero-order valence-corrected chi connectivity index (χ0v) is 27.1. The molecule has 1 atom stereocenters. The summed E-state index contributed by atoms with van der Waals surface area (Å²) in [6.45, 7) is 4.42. The molecule has 0 fully saturated rings. The Morgan fingerprint density at radius 2 is 1.02 bits per heavy atom. The van der Waals surface area contributed by atoms with Crippen LogP contribution in [0.1, 0.15) is 181 Å². The van der Waals surface area contributed by atoms with Crippen molar-refractivity contribution in [3.05, 3.63) is 36.5 Å². The Labute approximate surface area is 254 Å². The van der Waals surface area contributed by atoms with Gasteiger partial charge in [0.05, 0.1) is 0 Å². The second-order valence-electron chi connectivity index (χ2n) is 11.7. The first-order valence-electron chi connectivity index (χ1n) is 17.5. The van der Waals surface area contributed by atoms with E-state index in [-0.39, 0.29) is 18.5 Å². The van der Waals surface area contributed by atoms with Crippen molar-refractivity contribution in [3.63, 3.8) is 0 Å². The fourth-order valence-corrected chi connectivity index (χ4v) is 5.08. The third-order valence-corrected chi connectivity index (χ3v) is 7.63. The minimum atomic E-state index is -0.705. The van der Waals surface area contributed by atoms with Gasteiger partial charge < -0.3 is 9.84 Å². The molecule has 0 heterocycles. The molecule has 1 unspecified atom stereocenters. The van der Waals surface area contributed by atoms with Gasteiger partial charge in [-0.25, -0.2) is 0 Å². The van der Waals surface area contributed by atoms with Gasteiger partial charge in [-0.3, -0.25) is 9.59 Å². The highest BCUT2D eigenvalue weighted by molar-refractivity contribution is 5.69. The molecule has 0 aromatic heterocycles. The summed E-state index contributed by atoms with van der Waals surface area (Å²) < 4.78 is 5.96. The van der Waals surface area contributed by atoms with Gasteiger partial charge in [0.25, 0.3) is 0 Å². The van der Waals surface area contributed by atoms with Crippen molar-refractivity contribution < 1.29 is 19.4 Å². The monoisotopic (exact) mass is 574 g/mol. The molecule has 0 saturated heterocycles. The number of carbonyl (C=O) groups is 2. The zero-order valence-electron chi connectivity index (χ0n) is 27.1. The molecule has 0 aliphatic rings. The van der Waals surface area contributed by atoms with E-state index in [1.54, 1.807) is 0 Å². The summed E-state index contributed by atoms with van der Waals surface area (Å²) in [6.07, 6.45) is 41.5. The van der Waals surface area contributed by atoms with E-state index in [9.17, 15) is 9.59 Å². The summed E-state index contributed by atoms with van der Waals surface area (Å²) in [6, 6.07) is 0. The highest BCUT2D eigenvalue weighted by atomic mass is 16.5. The Hall–Kier alpha value is -1.84. The lowest BCUT2D eigenvalue weighted by atomic mass is 10.0. The normalized spacial score (nSPS) is 12.6. The molecule has 0 saturated carbocycles. The molecule has 0 amide bonds. The number of aliphatic carboxylic acids is 1. The average Bonchev–Trinajstić information content (AvgIpc) is 2.95. The van der Waals surface area contributed by atoms with Crippen molar-refractivity contribution in [2.45, 2.75) is 187 Å². The third kappa shape index (κ3) is 32.5. The minimum absolute atomic E-state index is 0.0265. The van der Waals surface area contributed by atoms with E-state index in [1.807, 2.05) is 0 Å². The second kappa shape index (κ2) is 32.7. The summed E-state index contributed by atoms with van der Waals surface area (Å²) in [5.74, 6) is -0.731. The van der Waals surface area contributed by atoms with Crippen LogP contribution in [0.2, 0.25) is 0 Å². The molecule has 4 nitrogen and oxygen atoms in total. The van der Waals surface area contributed by atoms with Gasteiger partial charge in [0.15, 0.2) is 0 Å². The highest BCUT2D eigenvalue weighted by Crippen LogP contribution is 2.18. The number of ether oxygens (including phenoxy) is 1. The SMILES string of the molecule is CC/C=C\C/C=C\C/C=C\CCCCCC(=O)OC(CCCCCCCCCCCC)CCCCCCCC(=O)O. The van der Waals surface area contributed by atoms with Crippen LogP contribution in [-0.4, -0.2) is 23.1 Å². The Morgan fingerprint density at radius 1 is 0.561 bits per heavy atom. The molecule has 238 valence electrons. The lowest BCUT2D eigenvalue weighted by Gasteiger charge is -2.18. The Morgan fingerprint density at radius 3 is 1.59 bits per heavy atom. The summed E-state index contributed by atoms with van der Waals surface area (Å²) in [5.41, 5.74) is 0. The molecule has 4 heteroatoms. The fraction of sp³-hybridized carbons (Fsp3) is 0.784. The number of unbranched alkanes of at least 4 members (excludes halogenated alkanes) is 16. The number of hydrogen-bond acceptors (Lipinski definition) is 3. The van der Waals surface area contributed by atoms with E-state index in [1.165, 1.54) is 57.8 Å². The molecule has 0 bridgehead atoms. The lowest BCUT2D eigenvalue weighted by molar-refractivity contribution is -0.150. The van der Waals surface area contributed by atoms with Gasteiger partial charge in [-0.2, -0.15) is 0 Å².